The molecule has 0 saturated carbocycles. The van der Waals surface area contributed by atoms with Crippen molar-refractivity contribution >= 4 is 34.2 Å². The molecule has 0 saturated heterocycles. The summed E-state index contributed by atoms with van der Waals surface area (Å²) in [6, 6.07) is 3.14. The average Bonchev–Trinajstić information content (AvgIpc) is 2.45. The predicted molar refractivity (Wildman–Crippen MR) is 57.9 cm³/mol. The van der Waals surface area contributed by atoms with Crippen LogP contribution in [0, 0.1) is 5.21 Å². The Kier molecular flexibility index (Phi) is 2.29. The Morgan fingerprint density at radius 2 is 2.00 bits per heavy atom. The fourth-order valence-electron chi connectivity index (χ4n) is 1.32. The molecule has 0 fully saturated rings. The van der Waals surface area contributed by atoms with Crippen molar-refractivity contribution in [3.05, 3.63) is 33.2 Å². The van der Waals surface area contributed by atoms with Crippen LogP contribution < -0.4 is 0 Å². The van der Waals surface area contributed by atoms with E-state index in [1.54, 1.807) is 12.1 Å². The van der Waals surface area contributed by atoms with Crippen molar-refractivity contribution in [2.45, 2.75) is 13.3 Å². The van der Waals surface area contributed by atoms with E-state index < -0.39 is 0 Å². The summed E-state index contributed by atoms with van der Waals surface area (Å²) in [5, 5.41) is 12.4. The molecule has 0 aliphatic heterocycles. The molecule has 0 unspecified atom stereocenters. The van der Waals surface area contributed by atoms with Gasteiger partial charge in [0.25, 0.3) is 0 Å². The molecule has 0 radical (unpaired) electrons. The Labute approximate surface area is 90.8 Å². The lowest BCUT2D eigenvalue weighted by atomic mass is 10.3. The normalized spacial score (nSPS) is 11.1. The standard InChI is InChI=1S/C9H7Cl2N2O/c1-2-9-12-7-3-5(10)6(11)4-8(7)13(9)14/h3-4H,2H2,1H3/q-1. The highest BCUT2D eigenvalue weighted by atomic mass is 35.5. The van der Waals surface area contributed by atoms with E-state index in [2.05, 4.69) is 4.98 Å². The third-order valence-corrected chi connectivity index (χ3v) is 2.76. The SMILES string of the molecule is CCc1nc2cc(Cl)c(Cl)cc2n1[O-]. The number of aryl methyl sites for hydroxylation is 1. The molecule has 14 heavy (non-hydrogen) atoms. The Balaban J connectivity index is 2.80. The first-order valence-electron chi connectivity index (χ1n) is 4.17. The number of aromatic nitrogens is 2. The monoisotopic (exact) mass is 229 g/mol. The summed E-state index contributed by atoms with van der Waals surface area (Å²) in [6.07, 6.45) is 0.591. The van der Waals surface area contributed by atoms with E-state index in [0.29, 0.717) is 33.3 Å². The Morgan fingerprint density at radius 1 is 1.36 bits per heavy atom. The van der Waals surface area contributed by atoms with E-state index in [1.165, 1.54) is 0 Å². The molecule has 0 spiro atoms. The van der Waals surface area contributed by atoms with Crippen LogP contribution in [0.5, 0.6) is 0 Å². The summed E-state index contributed by atoms with van der Waals surface area (Å²) < 4.78 is 0.789. The fraction of sp³-hybridized carbons (Fsp3) is 0.222. The molecule has 0 bridgehead atoms. The first-order valence-corrected chi connectivity index (χ1v) is 4.93. The summed E-state index contributed by atoms with van der Waals surface area (Å²) in [5.74, 6) is 0.485. The summed E-state index contributed by atoms with van der Waals surface area (Å²) >= 11 is 11.6. The summed E-state index contributed by atoms with van der Waals surface area (Å²) in [7, 11) is 0. The van der Waals surface area contributed by atoms with Gasteiger partial charge in [0.05, 0.1) is 21.1 Å². The first-order chi connectivity index (χ1) is 6.63. The molecule has 0 atom stereocenters. The molecule has 3 nitrogen and oxygen atoms in total. The zero-order chi connectivity index (χ0) is 10.3. The lowest BCUT2D eigenvalue weighted by Crippen LogP contribution is -1.92. The molecular weight excluding hydrogens is 223 g/mol. The maximum atomic E-state index is 11.6. The van der Waals surface area contributed by atoms with Gasteiger partial charge in [-0.25, -0.2) is 4.98 Å². The van der Waals surface area contributed by atoms with Gasteiger partial charge in [-0.3, -0.25) is 0 Å². The van der Waals surface area contributed by atoms with Gasteiger partial charge in [-0.1, -0.05) is 30.1 Å². The topological polar surface area (TPSA) is 40.9 Å². The van der Waals surface area contributed by atoms with Gasteiger partial charge in [0.1, 0.15) is 5.82 Å². The fourth-order valence-corrected chi connectivity index (χ4v) is 1.64. The minimum absolute atomic E-state index is 0.374. The number of nitrogens with zero attached hydrogens (tertiary/aromatic N) is 2. The maximum Gasteiger partial charge on any atom is 0.104 e. The van der Waals surface area contributed by atoms with Crippen molar-refractivity contribution < 1.29 is 0 Å². The van der Waals surface area contributed by atoms with Crippen LogP contribution in [0.3, 0.4) is 0 Å². The second-order valence-electron chi connectivity index (χ2n) is 2.93. The van der Waals surface area contributed by atoms with Gasteiger partial charge in [-0.2, -0.15) is 0 Å². The molecule has 1 heterocycles. The number of hydrogen-bond donors (Lipinski definition) is 0. The molecule has 0 amide bonds. The van der Waals surface area contributed by atoms with Crippen LogP contribution in [-0.2, 0) is 6.42 Å². The van der Waals surface area contributed by atoms with E-state index in [9.17, 15) is 5.21 Å². The van der Waals surface area contributed by atoms with Crippen LogP contribution in [0.2, 0.25) is 10.0 Å². The maximum absolute atomic E-state index is 11.6. The number of rotatable bonds is 1. The van der Waals surface area contributed by atoms with E-state index in [1.807, 2.05) is 6.92 Å². The molecule has 1 aromatic heterocycles. The number of halogens is 2. The Bertz CT molecular complexity index is 493. The van der Waals surface area contributed by atoms with Crippen LogP contribution in [0.1, 0.15) is 12.7 Å². The summed E-state index contributed by atoms with van der Waals surface area (Å²) in [4.78, 5) is 4.14. The van der Waals surface area contributed by atoms with Crippen molar-refractivity contribution in [3.63, 3.8) is 0 Å². The molecule has 2 rings (SSSR count). The minimum atomic E-state index is 0.374. The molecule has 5 heteroatoms. The third kappa shape index (κ3) is 1.33. The van der Waals surface area contributed by atoms with E-state index in [-0.39, 0.29) is 0 Å². The Hall–Kier alpha value is -0.930. The summed E-state index contributed by atoms with van der Waals surface area (Å²) in [5.41, 5.74) is 1.06. The molecular formula is C9H7Cl2N2O-. The van der Waals surface area contributed by atoms with Crippen molar-refractivity contribution in [2.75, 3.05) is 0 Å². The first kappa shape index (κ1) is 9.62. The van der Waals surface area contributed by atoms with Crippen molar-refractivity contribution in [1.29, 1.82) is 0 Å². The number of benzene rings is 1. The van der Waals surface area contributed by atoms with Crippen molar-refractivity contribution in [3.8, 4) is 0 Å². The number of fused-ring (bicyclic) bond motifs is 1. The lowest BCUT2D eigenvalue weighted by molar-refractivity contribution is 0.913. The van der Waals surface area contributed by atoms with Crippen LogP contribution in [-0.4, -0.2) is 9.71 Å². The van der Waals surface area contributed by atoms with Crippen LogP contribution >= 0.6 is 23.2 Å². The molecule has 0 N–H and O–H groups in total. The largest absolute Gasteiger partial charge is 0.804 e. The molecule has 1 aromatic carbocycles. The molecule has 74 valence electrons. The Morgan fingerprint density at radius 3 is 2.64 bits per heavy atom. The van der Waals surface area contributed by atoms with Crippen molar-refractivity contribution in [2.24, 2.45) is 0 Å². The van der Waals surface area contributed by atoms with Crippen LogP contribution in [0.25, 0.3) is 11.0 Å². The van der Waals surface area contributed by atoms with Gasteiger partial charge in [0, 0.05) is 6.42 Å². The predicted octanol–water partition coefficient (Wildman–Crippen LogP) is 3.25. The number of hydrogen-bond acceptors (Lipinski definition) is 2. The molecule has 0 aliphatic rings. The molecule has 2 aromatic rings. The second-order valence-corrected chi connectivity index (χ2v) is 3.75. The minimum Gasteiger partial charge on any atom is -0.804 e. The van der Waals surface area contributed by atoms with E-state index in [0.717, 1.165) is 4.73 Å². The quantitative estimate of drug-likeness (QED) is 0.754. The zero-order valence-electron chi connectivity index (χ0n) is 7.42. The second kappa shape index (κ2) is 3.33. The van der Waals surface area contributed by atoms with Crippen molar-refractivity contribution in [1.82, 2.24) is 9.71 Å². The van der Waals surface area contributed by atoms with Gasteiger partial charge in [0.15, 0.2) is 0 Å². The van der Waals surface area contributed by atoms with Crippen LogP contribution in [0.4, 0.5) is 0 Å². The lowest BCUT2D eigenvalue weighted by Gasteiger charge is -2.10. The van der Waals surface area contributed by atoms with Gasteiger partial charge < -0.3 is 9.94 Å². The van der Waals surface area contributed by atoms with Gasteiger partial charge in [-0.15, -0.1) is 0 Å². The highest BCUT2D eigenvalue weighted by Crippen LogP contribution is 2.27. The average molecular weight is 230 g/mol. The van der Waals surface area contributed by atoms with Crippen LogP contribution in [0.15, 0.2) is 12.1 Å². The van der Waals surface area contributed by atoms with E-state index >= 15 is 0 Å². The third-order valence-electron chi connectivity index (χ3n) is 2.04. The van der Waals surface area contributed by atoms with E-state index in [4.69, 9.17) is 23.2 Å². The summed E-state index contributed by atoms with van der Waals surface area (Å²) in [6.45, 7) is 1.87. The zero-order valence-corrected chi connectivity index (χ0v) is 8.93. The van der Waals surface area contributed by atoms with Gasteiger partial charge in [-0.05, 0) is 12.1 Å². The highest BCUT2D eigenvalue weighted by molar-refractivity contribution is 6.42. The highest BCUT2D eigenvalue weighted by Gasteiger charge is 2.06. The smallest absolute Gasteiger partial charge is 0.104 e. The number of imidazole rings is 1. The van der Waals surface area contributed by atoms with Gasteiger partial charge in [0.2, 0.25) is 0 Å². The molecule has 0 aliphatic carbocycles. The van der Waals surface area contributed by atoms with Gasteiger partial charge >= 0.3 is 0 Å².